The highest BCUT2D eigenvalue weighted by molar-refractivity contribution is 6.30. The lowest BCUT2D eigenvalue weighted by Crippen LogP contribution is -2.20. The van der Waals surface area contributed by atoms with E-state index in [-0.39, 0.29) is 5.43 Å². The van der Waals surface area contributed by atoms with Crippen LogP contribution >= 0.6 is 11.6 Å². The molecule has 0 aliphatic rings. The predicted octanol–water partition coefficient (Wildman–Crippen LogP) is 3.80. The standard InChI is InChI=1S/C21H20ClN3O4/c22-14-5-3-13(4-6-14)9-24-17-11-25-21-16(20(17)27)8-15(29-21)10-23-12-18(26)19-2-1-7-28-19/h1-8,11,18,23-24,26H,9-10,12H2,(H,25,27). The van der Waals surface area contributed by atoms with Gasteiger partial charge in [-0.3, -0.25) is 4.79 Å². The van der Waals surface area contributed by atoms with Gasteiger partial charge in [0.25, 0.3) is 0 Å². The molecule has 0 radical (unpaired) electrons. The minimum absolute atomic E-state index is 0.140. The maximum atomic E-state index is 12.7. The summed E-state index contributed by atoms with van der Waals surface area (Å²) in [7, 11) is 0. The Morgan fingerprint density at radius 1 is 1.17 bits per heavy atom. The topological polar surface area (TPSA) is 103 Å². The molecule has 3 heterocycles. The normalized spacial score (nSPS) is 12.3. The predicted molar refractivity (Wildman–Crippen MR) is 111 cm³/mol. The van der Waals surface area contributed by atoms with Crippen molar-refractivity contribution in [3.63, 3.8) is 0 Å². The van der Waals surface area contributed by atoms with Crippen LogP contribution in [0.3, 0.4) is 0 Å². The van der Waals surface area contributed by atoms with E-state index in [2.05, 4.69) is 15.6 Å². The largest absolute Gasteiger partial charge is 0.467 e. The van der Waals surface area contributed by atoms with Crippen molar-refractivity contribution in [2.45, 2.75) is 19.2 Å². The summed E-state index contributed by atoms with van der Waals surface area (Å²) in [5, 5.41) is 17.4. The zero-order valence-corrected chi connectivity index (χ0v) is 16.2. The highest BCUT2D eigenvalue weighted by Gasteiger charge is 2.13. The van der Waals surface area contributed by atoms with E-state index >= 15 is 0 Å². The van der Waals surface area contributed by atoms with Crippen LogP contribution in [-0.4, -0.2) is 16.6 Å². The molecule has 29 heavy (non-hydrogen) atoms. The van der Waals surface area contributed by atoms with Gasteiger partial charge in [-0.2, -0.15) is 0 Å². The molecule has 0 saturated heterocycles. The van der Waals surface area contributed by atoms with E-state index in [0.717, 1.165) is 5.56 Å². The average molecular weight is 414 g/mol. The molecule has 4 N–H and O–H groups in total. The number of anilines is 1. The van der Waals surface area contributed by atoms with E-state index in [1.165, 1.54) is 6.26 Å². The second kappa shape index (κ2) is 8.57. The number of hydrogen-bond donors (Lipinski definition) is 4. The molecular weight excluding hydrogens is 394 g/mol. The van der Waals surface area contributed by atoms with Crippen molar-refractivity contribution in [2.24, 2.45) is 0 Å². The van der Waals surface area contributed by atoms with Crippen LogP contribution in [0.1, 0.15) is 23.2 Å². The maximum absolute atomic E-state index is 12.7. The maximum Gasteiger partial charge on any atom is 0.215 e. The monoisotopic (exact) mass is 413 g/mol. The number of fused-ring (bicyclic) bond motifs is 1. The van der Waals surface area contributed by atoms with Gasteiger partial charge in [0.1, 0.15) is 17.6 Å². The number of aliphatic hydroxyl groups is 1. The van der Waals surface area contributed by atoms with E-state index in [0.29, 0.717) is 53.0 Å². The molecule has 1 aromatic carbocycles. The van der Waals surface area contributed by atoms with Crippen molar-refractivity contribution >= 4 is 28.4 Å². The molecule has 0 saturated carbocycles. The first kappa shape index (κ1) is 19.3. The summed E-state index contributed by atoms with van der Waals surface area (Å²) >= 11 is 5.89. The number of nitrogens with one attached hydrogen (secondary N) is 3. The Morgan fingerprint density at radius 3 is 2.76 bits per heavy atom. The highest BCUT2D eigenvalue weighted by Crippen LogP contribution is 2.17. The van der Waals surface area contributed by atoms with Gasteiger partial charge in [0, 0.05) is 24.3 Å². The molecule has 1 unspecified atom stereocenters. The van der Waals surface area contributed by atoms with E-state index in [4.69, 9.17) is 20.4 Å². The minimum atomic E-state index is -0.750. The third-order valence-electron chi connectivity index (χ3n) is 4.52. The molecule has 7 nitrogen and oxygen atoms in total. The van der Waals surface area contributed by atoms with E-state index in [1.807, 2.05) is 24.3 Å². The Bertz CT molecular complexity index is 1130. The lowest BCUT2D eigenvalue weighted by Gasteiger charge is -2.07. The van der Waals surface area contributed by atoms with Crippen LogP contribution in [0.4, 0.5) is 5.69 Å². The lowest BCUT2D eigenvalue weighted by atomic mass is 10.2. The molecular formula is C21H20ClN3O4. The molecule has 0 bridgehead atoms. The van der Waals surface area contributed by atoms with Crippen molar-refractivity contribution in [2.75, 3.05) is 11.9 Å². The number of halogens is 1. The van der Waals surface area contributed by atoms with Crippen LogP contribution in [0, 0.1) is 0 Å². The Morgan fingerprint density at radius 2 is 2.00 bits per heavy atom. The summed E-state index contributed by atoms with van der Waals surface area (Å²) < 4.78 is 10.8. The molecule has 3 aromatic heterocycles. The fourth-order valence-corrected chi connectivity index (χ4v) is 3.12. The number of pyridine rings is 1. The van der Waals surface area contributed by atoms with E-state index in [9.17, 15) is 9.90 Å². The molecule has 8 heteroatoms. The summed E-state index contributed by atoms with van der Waals surface area (Å²) in [4.78, 5) is 15.7. The fraction of sp³-hybridized carbons (Fsp3) is 0.190. The first-order valence-electron chi connectivity index (χ1n) is 9.15. The Hall–Kier alpha value is -3.00. The second-order valence-corrected chi connectivity index (χ2v) is 7.07. The number of rotatable bonds is 8. The number of aliphatic hydroxyl groups excluding tert-OH is 1. The highest BCUT2D eigenvalue weighted by atomic mass is 35.5. The van der Waals surface area contributed by atoms with Crippen LogP contribution in [0.2, 0.25) is 5.02 Å². The number of benzene rings is 1. The van der Waals surface area contributed by atoms with Crippen molar-refractivity contribution < 1.29 is 13.9 Å². The SMILES string of the molecule is O=c1c(NCc2ccc(Cl)cc2)c[nH]c2oc(CNCC(O)c3ccco3)cc12. The summed E-state index contributed by atoms with van der Waals surface area (Å²) in [6, 6.07) is 12.6. The van der Waals surface area contributed by atoms with Gasteiger partial charge >= 0.3 is 0 Å². The van der Waals surface area contributed by atoms with Crippen LogP contribution in [-0.2, 0) is 13.1 Å². The third kappa shape index (κ3) is 4.54. The Labute approximate surface area is 171 Å². The molecule has 0 amide bonds. The van der Waals surface area contributed by atoms with Gasteiger partial charge in [0.2, 0.25) is 11.1 Å². The second-order valence-electron chi connectivity index (χ2n) is 6.63. The van der Waals surface area contributed by atoms with Crippen LogP contribution in [0.25, 0.3) is 11.1 Å². The molecule has 0 aliphatic carbocycles. The van der Waals surface area contributed by atoms with Gasteiger partial charge in [-0.05, 0) is 35.9 Å². The molecule has 150 valence electrons. The summed E-state index contributed by atoms with van der Waals surface area (Å²) in [6.07, 6.45) is 2.36. The molecule has 1 atom stereocenters. The number of furan rings is 2. The smallest absolute Gasteiger partial charge is 0.215 e. The Kier molecular flexibility index (Phi) is 5.71. The zero-order valence-electron chi connectivity index (χ0n) is 15.4. The van der Waals surface area contributed by atoms with Gasteiger partial charge < -0.3 is 29.6 Å². The van der Waals surface area contributed by atoms with Crippen LogP contribution in [0.15, 0.2) is 68.6 Å². The van der Waals surface area contributed by atoms with Crippen molar-refractivity contribution in [1.29, 1.82) is 0 Å². The molecule has 4 rings (SSSR count). The minimum Gasteiger partial charge on any atom is -0.467 e. The first-order valence-corrected chi connectivity index (χ1v) is 9.52. The van der Waals surface area contributed by atoms with Crippen LogP contribution in [0.5, 0.6) is 0 Å². The van der Waals surface area contributed by atoms with E-state index < -0.39 is 6.10 Å². The number of hydrogen-bond acceptors (Lipinski definition) is 6. The number of H-pyrrole nitrogens is 1. The quantitative estimate of drug-likeness (QED) is 0.350. The Balaban J connectivity index is 1.40. The van der Waals surface area contributed by atoms with Crippen molar-refractivity contribution in [3.8, 4) is 0 Å². The molecule has 4 aromatic rings. The molecule has 0 aliphatic heterocycles. The van der Waals surface area contributed by atoms with Gasteiger partial charge in [-0.1, -0.05) is 23.7 Å². The van der Waals surface area contributed by atoms with Crippen molar-refractivity contribution in [1.82, 2.24) is 10.3 Å². The van der Waals surface area contributed by atoms with Gasteiger partial charge in [0.05, 0.1) is 23.9 Å². The van der Waals surface area contributed by atoms with Crippen LogP contribution < -0.4 is 16.1 Å². The molecule has 0 fully saturated rings. The first-order chi connectivity index (χ1) is 14.1. The third-order valence-corrected chi connectivity index (χ3v) is 4.78. The van der Waals surface area contributed by atoms with Gasteiger partial charge in [-0.15, -0.1) is 0 Å². The molecule has 0 spiro atoms. The summed E-state index contributed by atoms with van der Waals surface area (Å²) in [5.74, 6) is 1.09. The lowest BCUT2D eigenvalue weighted by molar-refractivity contribution is 0.146. The van der Waals surface area contributed by atoms with Gasteiger partial charge in [-0.25, -0.2) is 0 Å². The van der Waals surface area contributed by atoms with E-state index in [1.54, 1.807) is 24.4 Å². The zero-order chi connectivity index (χ0) is 20.2. The van der Waals surface area contributed by atoms with Gasteiger partial charge in [0.15, 0.2) is 0 Å². The summed E-state index contributed by atoms with van der Waals surface area (Å²) in [5.41, 5.74) is 1.75. The number of aromatic amines is 1. The number of aromatic nitrogens is 1. The average Bonchev–Trinajstić information content (AvgIpc) is 3.39. The van der Waals surface area contributed by atoms with Crippen molar-refractivity contribution in [3.05, 3.63) is 87.3 Å². The fourth-order valence-electron chi connectivity index (χ4n) is 3.00. The summed E-state index contributed by atoms with van der Waals surface area (Å²) in [6.45, 7) is 1.17.